The number of rotatable bonds is 6. The highest BCUT2D eigenvalue weighted by molar-refractivity contribution is 5.90. The molecule has 2 heterocycles. The second-order valence-electron chi connectivity index (χ2n) is 9.61. The Morgan fingerprint density at radius 3 is 2.62 bits per heavy atom. The largest absolute Gasteiger partial charge is 0.497 e. The van der Waals surface area contributed by atoms with Crippen molar-refractivity contribution in [2.75, 3.05) is 59.2 Å². The van der Waals surface area contributed by atoms with Gasteiger partial charge in [-0.15, -0.1) is 0 Å². The van der Waals surface area contributed by atoms with Crippen molar-refractivity contribution in [1.82, 2.24) is 15.1 Å². The summed E-state index contributed by atoms with van der Waals surface area (Å²) in [7, 11) is 5.96. The molecule has 6 nitrogen and oxygen atoms in total. The van der Waals surface area contributed by atoms with E-state index in [0.717, 1.165) is 69.8 Å². The summed E-state index contributed by atoms with van der Waals surface area (Å²) in [6, 6.07) is 7.97. The molecule has 2 aliphatic heterocycles. The molecule has 1 saturated carbocycles. The summed E-state index contributed by atoms with van der Waals surface area (Å²) in [4.78, 5) is 18.4. The Kier molecular flexibility index (Phi) is 5.76. The molecule has 1 aromatic rings. The Bertz CT molecular complexity index is 714. The van der Waals surface area contributed by atoms with Gasteiger partial charge < -0.3 is 25.2 Å². The van der Waals surface area contributed by atoms with Crippen molar-refractivity contribution in [3.05, 3.63) is 24.3 Å². The summed E-state index contributed by atoms with van der Waals surface area (Å²) in [5.74, 6) is 1.70. The summed E-state index contributed by atoms with van der Waals surface area (Å²) in [5.41, 5.74) is 0.720. The highest BCUT2D eigenvalue weighted by Crippen LogP contribution is 2.42. The van der Waals surface area contributed by atoms with Gasteiger partial charge in [0.25, 0.3) is 0 Å². The van der Waals surface area contributed by atoms with E-state index < -0.39 is 5.54 Å². The molecule has 1 aromatic carbocycles. The summed E-state index contributed by atoms with van der Waals surface area (Å²) >= 11 is 0. The van der Waals surface area contributed by atoms with Gasteiger partial charge in [-0.2, -0.15) is 0 Å². The molecule has 0 bridgehead atoms. The van der Waals surface area contributed by atoms with Crippen LogP contribution in [0.25, 0.3) is 0 Å². The molecule has 1 aliphatic carbocycles. The summed E-state index contributed by atoms with van der Waals surface area (Å²) in [6.07, 6.45) is 5.26. The number of hydrogen-bond acceptors (Lipinski definition) is 5. The van der Waals surface area contributed by atoms with E-state index in [0.29, 0.717) is 11.8 Å². The first-order chi connectivity index (χ1) is 14.0. The van der Waals surface area contributed by atoms with Crippen LogP contribution in [-0.4, -0.2) is 75.2 Å². The predicted octanol–water partition coefficient (Wildman–Crippen LogP) is 2.42. The lowest BCUT2D eigenvalue weighted by Gasteiger charge is -2.41. The van der Waals surface area contributed by atoms with Crippen LogP contribution in [-0.2, 0) is 4.79 Å². The van der Waals surface area contributed by atoms with Crippen molar-refractivity contribution < 1.29 is 9.53 Å². The third kappa shape index (κ3) is 3.97. The van der Waals surface area contributed by atoms with Gasteiger partial charge in [-0.05, 0) is 57.1 Å². The minimum absolute atomic E-state index is 0.190. The van der Waals surface area contributed by atoms with E-state index in [2.05, 4.69) is 34.5 Å². The second-order valence-corrected chi connectivity index (χ2v) is 9.61. The molecule has 1 amide bonds. The number of nitrogens with zero attached hydrogens (tertiary/aromatic N) is 2. The molecule has 2 unspecified atom stereocenters. The standard InChI is InChI=1S/C23H36N4O2/c1-26(2)16-22-15-24-13-18(22)14-27(17-22)21(28)23(11-5-4-6-12-23)25-19-7-9-20(29-3)10-8-19/h7-10,18,24-25H,4-6,11-17H2,1-3H3. The molecule has 160 valence electrons. The molecule has 2 atom stereocenters. The van der Waals surface area contributed by atoms with Crippen molar-refractivity contribution in [3.63, 3.8) is 0 Å². The van der Waals surface area contributed by atoms with E-state index in [4.69, 9.17) is 4.74 Å². The summed E-state index contributed by atoms with van der Waals surface area (Å²) < 4.78 is 5.29. The van der Waals surface area contributed by atoms with E-state index in [1.807, 2.05) is 24.3 Å². The van der Waals surface area contributed by atoms with Crippen LogP contribution in [0.5, 0.6) is 5.75 Å². The Hall–Kier alpha value is -1.79. The number of nitrogens with one attached hydrogen (secondary N) is 2. The van der Waals surface area contributed by atoms with Crippen LogP contribution in [0.1, 0.15) is 32.1 Å². The third-order valence-corrected chi connectivity index (χ3v) is 7.19. The topological polar surface area (TPSA) is 56.8 Å². The van der Waals surface area contributed by atoms with Gasteiger partial charge in [0, 0.05) is 43.8 Å². The van der Waals surface area contributed by atoms with Gasteiger partial charge >= 0.3 is 0 Å². The highest BCUT2D eigenvalue weighted by Gasteiger charge is 2.53. The minimum atomic E-state index is -0.474. The van der Waals surface area contributed by atoms with Crippen LogP contribution in [0.4, 0.5) is 5.69 Å². The molecule has 3 aliphatic rings. The fourth-order valence-corrected chi connectivity index (χ4v) is 5.83. The van der Waals surface area contributed by atoms with Crippen LogP contribution in [0, 0.1) is 11.3 Å². The number of amides is 1. The third-order valence-electron chi connectivity index (χ3n) is 7.19. The maximum Gasteiger partial charge on any atom is 0.248 e. The molecule has 0 radical (unpaired) electrons. The average Bonchev–Trinajstić information content (AvgIpc) is 3.24. The number of carbonyl (C=O) groups is 1. The first-order valence-electron chi connectivity index (χ1n) is 11.0. The zero-order valence-electron chi connectivity index (χ0n) is 18.2. The van der Waals surface area contributed by atoms with E-state index in [-0.39, 0.29) is 5.41 Å². The molecule has 0 spiro atoms. The van der Waals surface area contributed by atoms with E-state index in [1.54, 1.807) is 7.11 Å². The number of hydrogen-bond donors (Lipinski definition) is 2. The number of methoxy groups -OCH3 is 1. The predicted molar refractivity (Wildman–Crippen MR) is 116 cm³/mol. The highest BCUT2D eigenvalue weighted by atomic mass is 16.5. The van der Waals surface area contributed by atoms with Gasteiger partial charge in [-0.1, -0.05) is 19.3 Å². The zero-order chi connectivity index (χ0) is 20.5. The van der Waals surface area contributed by atoms with Gasteiger partial charge in [-0.3, -0.25) is 4.79 Å². The Morgan fingerprint density at radius 1 is 1.24 bits per heavy atom. The summed E-state index contributed by atoms with van der Waals surface area (Å²) in [6.45, 7) is 4.82. The first-order valence-corrected chi connectivity index (χ1v) is 11.0. The average molecular weight is 401 g/mol. The molecule has 0 aromatic heterocycles. The smallest absolute Gasteiger partial charge is 0.248 e. The lowest BCUT2D eigenvalue weighted by molar-refractivity contribution is -0.136. The summed E-state index contributed by atoms with van der Waals surface area (Å²) in [5, 5.41) is 7.25. The lowest BCUT2D eigenvalue weighted by Crippen LogP contribution is -2.55. The Labute approximate surface area is 175 Å². The maximum absolute atomic E-state index is 13.9. The van der Waals surface area contributed by atoms with Crippen LogP contribution >= 0.6 is 0 Å². The zero-order valence-corrected chi connectivity index (χ0v) is 18.2. The molecule has 2 saturated heterocycles. The van der Waals surface area contributed by atoms with Crippen LogP contribution in [0.15, 0.2) is 24.3 Å². The first kappa shape index (κ1) is 20.5. The van der Waals surface area contributed by atoms with E-state index in [9.17, 15) is 4.79 Å². The number of carbonyl (C=O) groups excluding carboxylic acids is 1. The molecular weight excluding hydrogens is 364 g/mol. The molecule has 4 rings (SSSR count). The number of fused-ring (bicyclic) bond motifs is 1. The molecule has 2 N–H and O–H groups in total. The SMILES string of the molecule is COc1ccc(NC2(C(=O)N3CC4CNCC4(CN(C)C)C3)CCCCC2)cc1. The number of ether oxygens (including phenoxy) is 1. The molecule has 3 fully saturated rings. The minimum Gasteiger partial charge on any atom is -0.497 e. The van der Waals surface area contributed by atoms with E-state index >= 15 is 0 Å². The fraction of sp³-hybridized carbons (Fsp3) is 0.696. The monoisotopic (exact) mass is 400 g/mol. The van der Waals surface area contributed by atoms with Crippen molar-refractivity contribution in [1.29, 1.82) is 0 Å². The van der Waals surface area contributed by atoms with Gasteiger partial charge in [0.1, 0.15) is 11.3 Å². The van der Waals surface area contributed by atoms with Crippen molar-refractivity contribution in [2.45, 2.75) is 37.6 Å². The van der Waals surface area contributed by atoms with Crippen LogP contribution < -0.4 is 15.4 Å². The number of anilines is 1. The Balaban J connectivity index is 1.54. The molecular formula is C23H36N4O2. The number of likely N-dealkylation sites (tertiary alicyclic amines) is 1. The normalized spacial score (nSPS) is 28.4. The van der Waals surface area contributed by atoms with Gasteiger partial charge in [0.05, 0.1) is 7.11 Å². The van der Waals surface area contributed by atoms with Gasteiger partial charge in [0.2, 0.25) is 5.91 Å². The van der Waals surface area contributed by atoms with Crippen molar-refractivity contribution in [3.8, 4) is 5.75 Å². The quantitative estimate of drug-likeness (QED) is 0.768. The van der Waals surface area contributed by atoms with E-state index in [1.165, 1.54) is 6.42 Å². The van der Waals surface area contributed by atoms with Crippen LogP contribution in [0.3, 0.4) is 0 Å². The maximum atomic E-state index is 13.9. The molecule has 29 heavy (non-hydrogen) atoms. The van der Waals surface area contributed by atoms with Crippen molar-refractivity contribution >= 4 is 11.6 Å². The fourth-order valence-electron chi connectivity index (χ4n) is 5.83. The van der Waals surface area contributed by atoms with Crippen LogP contribution in [0.2, 0.25) is 0 Å². The second kappa shape index (κ2) is 8.15. The van der Waals surface area contributed by atoms with Crippen molar-refractivity contribution in [2.24, 2.45) is 11.3 Å². The molecule has 6 heteroatoms. The Morgan fingerprint density at radius 2 is 1.97 bits per heavy atom. The lowest BCUT2D eigenvalue weighted by atomic mass is 9.79. The number of benzene rings is 1. The van der Waals surface area contributed by atoms with Gasteiger partial charge in [-0.25, -0.2) is 0 Å². The van der Waals surface area contributed by atoms with Gasteiger partial charge in [0.15, 0.2) is 0 Å².